The Hall–Kier alpha value is -3.94. The van der Waals surface area contributed by atoms with Crippen LogP contribution in [0.15, 0.2) is 42.7 Å². The maximum absolute atomic E-state index is 9.66. The smallest absolute Gasteiger partial charge is 0.239 e. The number of hydrogen-bond acceptors (Lipinski definition) is 10. The van der Waals surface area contributed by atoms with Gasteiger partial charge in [-0.2, -0.15) is 10.2 Å². The molecule has 1 aromatic carbocycles. The van der Waals surface area contributed by atoms with Crippen LogP contribution in [0.25, 0.3) is 11.3 Å². The average molecular weight is 487 g/mol. The number of nitrogens with one attached hydrogen (secondary N) is 1. The third-order valence-corrected chi connectivity index (χ3v) is 6.52. The number of likely N-dealkylation sites (tertiary alicyclic amines) is 1. The second-order valence-corrected chi connectivity index (χ2v) is 9.21. The van der Waals surface area contributed by atoms with E-state index in [0.717, 1.165) is 50.5 Å². The number of pyridine rings is 1. The highest BCUT2D eigenvalue weighted by Crippen LogP contribution is 2.31. The molecule has 0 unspecified atom stereocenters. The van der Waals surface area contributed by atoms with E-state index in [9.17, 15) is 5.26 Å². The number of piperazine rings is 1. The van der Waals surface area contributed by atoms with Gasteiger partial charge in [-0.05, 0) is 44.4 Å². The third-order valence-electron chi connectivity index (χ3n) is 6.52. The van der Waals surface area contributed by atoms with E-state index < -0.39 is 0 Å². The van der Waals surface area contributed by atoms with Crippen molar-refractivity contribution in [2.45, 2.75) is 6.10 Å². The maximum atomic E-state index is 9.66. The molecule has 0 atom stereocenters. The number of methoxy groups -OCH3 is 1. The van der Waals surface area contributed by atoms with Crippen molar-refractivity contribution < 1.29 is 9.47 Å². The molecule has 2 aromatic heterocycles. The molecule has 36 heavy (non-hydrogen) atoms. The van der Waals surface area contributed by atoms with Crippen LogP contribution < -0.4 is 19.7 Å². The second-order valence-electron chi connectivity index (χ2n) is 9.21. The fraction of sp³-hybridized carbons (Fsp3) is 0.385. The Balaban J connectivity index is 1.32. The number of aromatic nitrogens is 3. The first-order chi connectivity index (χ1) is 17.5. The molecule has 10 nitrogen and oxygen atoms in total. The van der Waals surface area contributed by atoms with Gasteiger partial charge in [-0.3, -0.25) is 4.90 Å². The molecule has 10 heteroatoms. The van der Waals surface area contributed by atoms with E-state index in [-0.39, 0.29) is 6.10 Å². The Kier molecular flexibility index (Phi) is 6.84. The molecule has 0 amide bonds. The lowest BCUT2D eigenvalue weighted by Gasteiger charge is -2.36. The molecule has 1 N–H and O–H groups in total. The van der Waals surface area contributed by atoms with Crippen LogP contribution in [0, 0.1) is 11.3 Å². The van der Waals surface area contributed by atoms with Crippen LogP contribution in [0.5, 0.6) is 11.6 Å². The summed E-state index contributed by atoms with van der Waals surface area (Å²) in [6, 6.07) is 13.6. The van der Waals surface area contributed by atoms with Crippen molar-refractivity contribution in [2.75, 3.05) is 70.7 Å². The molecule has 2 aliphatic rings. The Morgan fingerprint density at radius 2 is 1.78 bits per heavy atom. The van der Waals surface area contributed by atoms with Gasteiger partial charge >= 0.3 is 0 Å². The summed E-state index contributed by atoms with van der Waals surface area (Å²) in [7, 11) is 5.81. The normalized spacial score (nSPS) is 16.8. The molecule has 0 saturated carbocycles. The molecule has 2 fully saturated rings. The van der Waals surface area contributed by atoms with Crippen LogP contribution in [-0.4, -0.2) is 91.3 Å². The summed E-state index contributed by atoms with van der Waals surface area (Å²) < 4.78 is 11.6. The minimum absolute atomic E-state index is 0.120. The quantitative estimate of drug-likeness (QED) is 0.536. The van der Waals surface area contributed by atoms with Crippen LogP contribution >= 0.6 is 0 Å². The van der Waals surface area contributed by atoms with Crippen molar-refractivity contribution in [2.24, 2.45) is 0 Å². The summed E-state index contributed by atoms with van der Waals surface area (Å²) >= 11 is 0. The van der Waals surface area contributed by atoms with Gasteiger partial charge in [-0.1, -0.05) is 0 Å². The molecular formula is C26H30N8O2. The lowest BCUT2D eigenvalue weighted by Crippen LogP contribution is -2.51. The van der Waals surface area contributed by atoms with E-state index in [0.29, 0.717) is 34.5 Å². The fourth-order valence-electron chi connectivity index (χ4n) is 4.43. The molecule has 3 aromatic rings. The number of nitrogens with zero attached hydrogens (tertiary/aromatic N) is 7. The van der Waals surface area contributed by atoms with Crippen molar-refractivity contribution in [1.82, 2.24) is 24.8 Å². The summed E-state index contributed by atoms with van der Waals surface area (Å²) in [5.41, 5.74) is 2.98. The molecule has 0 spiro atoms. The zero-order valence-electron chi connectivity index (χ0n) is 20.8. The number of rotatable bonds is 7. The summed E-state index contributed by atoms with van der Waals surface area (Å²) in [6.45, 7) is 5.61. The first-order valence-electron chi connectivity index (χ1n) is 12.0. The van der Waals surface area contributed by atoms with Crippen LogP contribution in [0.2, 0.25) is 0 Å². The average Bonchev–Trinajstić information content (AvgIpc) is 2.88. The van der Waals surface area contributed by atoms with Gasteiger partial charge in [0.15, 0.2) is 0 Å². The van der Waals surface area contributed by atoms with Crippen molar-refractivity contribution in [1.29, 1.82) is 5.26 Å². The summed E-state index contributed by atoms with van der Waals surface area (Å²) in [5.74, 6) is 2.40. The van der Waals surface area contributed by atoms with Gasteiger partial charge in [-0.25, -0.2) is 9.97 Å². The first-order valence-corrected chi connectivity index (χ1v) is 12.0. The zero-order chi connectivity index (χ0) is 25.1. The Morgan fingerprint density at radius 1 is 0.972 bits per heavy atom. The third kappa shape index (κ3) is 5.17. The molecule has 2 aliphatic heterocycles. The zero-order valence-corrected chi connectivity index (χ0v) is 20.8. The van der Waals surface area contributed by atoms with Gasteiger partial charge in [0.1, 0.15) is 41.6 Å². The predicted octanol–water partition coefficient (Wildman–Crippen LogP) is 2.61. The lowest BCUT2D eigenvalue weighted by atomic mass is 10.1. The highest BCUT2D eigenvalue weighted by atomic mass is 16.5. The van der Waals surface area contributed by atoms with Crippen molar-refractivity contribution in [3.63, 3.8) is 0 Å². The van der Waals surface area contributed by atoms with E-state index in [1.54, 1.807) is 13.2 Å². The Labute approximate surface area is 211 Å². The number of anilines is 3. The highest BCUT2D eigenvalue weighted by Gasteiger charge is 2.26. The minimum Gasteiger partial charge on any atom is -0.486 e. The van der Waals surface area contributed by atoms with E-state index in [1.807, 2.05) is 37.4 Å². The van der Waals surface area contributed by atoms with Gasteiger partial charge in [0.2, 0.25) is 5.88 Å². The van der Waals surface area contributed by atoms with Crippen LogP contribution in [0.3, 0.4) is 0 Å². The van der Waals surface area contributed by atoms with Crippen molar-refractivity contribution in [3.8, 4) is 29.0 Å². The topological polar surface area (TPSA) is 103 Å². The molecule has 4 heterocycles. The standard InChI is InChI=1S/C26H30N8O2/c1-32-8-10-34(11-9-32)22-5-7-24(31-26(22)35-3)30-25-13-21(28-17-29-25)18-4-6-23(19(12-18)14-27)36-20-15-33(2)16-20/h4-7,12-13,17,20H,8-11,15-16H2,1-3H3,(H,28,29,30,31). The molecular weight excluding hydrogens is 456 g/mol. The van der Waals surface area contributed by atoms with Gasteiger partial charge < -0.3 is 24.6 Å². The predicted molar refractivity (Wildman–Crippen MR) is 138 cm³/mol. The number of ether oxygens (including phenoxy) is 2. The first kappa shape index (κ1) is 23.8. The Morgan fingerprint density at radius 3 is 2.50 bits per heavy atom. The summed E-state index contributed by atoms with van der Waals surface area (Å²) in [5, 5.41) is 12.9. The van der Waals surface area contributed by atoms with E-state index in [1.165, 1.54) is 6.33 Å². The van der Waals surface area contributed by atoms with E-state index in [2.05, 4.69) is 48.1 Å². The number of likely N-dealkylation sites (N-methyl/N-ethyl adjacent to an activating group) is 2. The Bertz CT molecular complexity index is 1260. The van der Waals surface area contributed by atoms with Gasteiger partial charge in [-0.15, -0.1) is 0 Å². The lowest BCUT2D eigenvalue weighted by molar-refractivity contribution is 0.0386. The summed E-state index contributed by atoms with van der Waals surface area (Å²) in [6.07, 6.45) is 1.61. The highest BCUT2D eigenvalue weighted by molar-refractivity contribution is 5.68. The number of benzene rings is 1. The van der Waals surface area contributed by atoms with Crippen LogP contribution in [-0.2, 0) is 0 Å². The minimum atomic E-state index is 0.120. The molecule has 2 saturated heterocycles. The van der Waals surface area contributed by atoms with Gasteiger partial charge in [0.05, 0.1) is 18.4 Å². The SMILES string of the molecule is COc1nc(Nc2cc(-c3ccc(OC4CN(C)C4)c(C#N)c3)ncn2)ccc1N1CCN(C)CC1. The van der Waals surface area contributed by atoms with E-state index >= 15 is 0 Å². The number of hydrogen-bond donors (Lipinski definition) is 1. The molecule has 0 bridgehead atoms. The van der Waals surface area contributed by atoms with Gasteiger partial charge in [0, 0.05) is 50.9 Å². The summed E-state index contributed by atoms with van der Waals surface area (Å²) in [4.78, 5) is 20.2. The largest absolute Gasteiger partial charge is 0.486 e. The van der Waals surface area contributed by atoms with Gasteiger partial charge in [0.25, 0.3) is 0 Å². The van der Waals surface area contributed by atoms with Crippen LogP contribution in [0.1, 0.15) is 5.56 Å². The number of nitriles is 1. The molecule has 186 valence electrons. The monoisotopic (exact) mass is 486 g/mol. The molecule has 5 rings (SSSR count). The van der Waals surface area contributed by atoms with E-state index in [4.69, 9.17) is 9.47 Å². The van der Waals surface area contributed by atoms with Crippen molar-refractivity contribution >= 4 is 17.3 Å². The molecule has 0 aliphatic carbocycles. The van der Waals surface area contributed by atoms with Crippen molar-refractivity contribution in [3.05, 3.63) is 48.3 Å². The molecule has 0 radical (unpaired) electrons. The second kappa shape index (κ2) is 10.4. The van der Waals surface area contributed by atoms with Crippen LogP contribution in [0.4, 0.5) is 17.3 Å². The maximum Gasteiger partial charge on any atom is 0.239 e. The fourth-order valence-corrected chi connectivity index (χ4v) is 4.43.